The Morgan fingerprint density at radius 2 is 1.93 bits per heavy atom. The number of hydrazone groups is 1. The van der Waals surface area contributed by atoms with Crippen LogP contribution in [0.25, 0.3) is 0 Å². The first-order chi connectivity index (χ1) is 14.1. The van der Waals surface area contributed by atoms with Crippen molar-refractivity contribution < 1.29 is 13.9 Å². The van der Waals surface area contributed by atoms with E-state index in [0.29, 0.717) is 11.4 Å². The first-order valence-electron chi connectivity index (χ1n) is 9.34. The molecule has 2 atom stereocenters. The summed E-state index contributed by atoms with van der Waals surface area (Å²) in [6.07, 6.45) is 0.189. The fraction of sp³-hybridized carbons (Fsp3) is 0.174. The molecule has 0 radical (unpaired) electrons. The summed E-state index contributed by atoms with van der Waals surface area (Å²) in [5, 5.41) is 7.43. The Kier molecular flexibility index (Phi) is 4.40. The molecule has 0 fully saturated rings. The van der Waals surface area contributed by atoms with Gasteiger partial charge < -0.3 is 9.47 Å². The van der Waals surface area contributed by atoms with E-state index in [-0.39, 0.29) is 11.9 Å². The van der Waals surface area contributed by atoms with Crippen molar-refractivity contribution in [3.05, 3.63) is 94.3 Å². The lowest BCUT2D eigenvalue weighted by Crippen LogP contribution is -2.33. The summed E-state index contributed by atoms with van der Waals surface area (Å²) in [6, 6.07) is 19.8. The van der Waals surface area contributed by atoms with Crippen LogP contribution >= 0.6 is 11.6 Å². The molecule has 2 aliphatic rings. The van der Waals surface area contributed by atoms with Crippen molar-refractivity contribution in [1.82, 2.24) is 5.01 Å². The molecular weight excluding hydrogens is 391 g/mol. The lowest BCUT2D eigenvalue weighted by atomic mass is 9.96. The molecule has 5 rings (SSSR count). The van der Waals surface area contributed by atoms with Gasteiger partial charge in [0.05, 0.1) is 18.9 Å². The Morgan fingerprint density at radius 3 is 2.69 bits per heavy atom. The van der Waals surface area contributed by atoms with Crippen molar-refractivity contribution in [3.8, 4) is 11.5 Å². The summed E-state index contributed by atoms with van der Waals surface area (Å²) in [5.74, 6) is 1.24. The van der Waals surface area contributed by atoms with Gasteiger partial charge in [0.25, 0.3) is 0 Å². The van der Waals surface area contributed by atoms with E-state index in [1.807, 2.05) is 47.5 Å². The second-order valence-electron chi connectivity index (χ2n) is 7.08. The molecule has 2 aliphatic heterocycles. The van der Waals surface area contributed by atoms with E-state index in [4.69, 9.17) is 26.2 Å². The highest BCUT2D eigenvalue weighted by Crippen LogP contribution is 2.48. The summed E-state index contributed by atoms with van der Waals surface area (Å²) in [5.41, 5.74) is 3.66. The quantitative estimate of drug-likeness (QED) is 0.555. The minimum atomic E-state index is -0.514. The van der Waals surface area contributed by atoms with E-state index in [9.17, 15) is 4.39 Å². The van der Waals surface area contributed by atoms with Crippen LogP contribution < -0.4 is 9.47 Å². The normalized spacial score (nSPS) is 19.8. The van der Waals surface area contributed by atoms with Crippen LogP contribution in [0.5, 0.6) is 11.5 Å². The highest BCUT2D eigenvalue weighted by atomic mass is 35.5. The molecule has 29 heavy (non-hydrogen) atoms. The van der Waals surface area contributed by atoms with Gasteiger partial charge in [-0.25, -0.2) is 9.40 Å². The third kappa shape index (κ3) is 3.21. The number of nitrogens with zero attached hydrogens (tertiary/aromatic N) is 2. The van der Waals surface area contributed by atoms with Crippen molar-refractivity contribution in [3.63, 3.8) is 0 Å². The maximum Gasteiger partial charge on any atom is 0.213 e. The molecule has 3 aromatic rings. The second kappa shape index (κ2) is 7.08. The van der Waals surface area contributed by atoms with Crippen LogP contribution in [0.15, 0.2) is 71.8 Å². The molecule has 0 aromatic heterocycles. The number of hydrogen-bond acceptors (Lipinski definition) is 4. The first-order valence-corrected chi connectivity index (χ1v) is 9.72. The van der Waals surface area contributed by atoms with E-state index < -0.39 is 6.23 Å². The van der Waals surface area contributed by atoms with E-state index in [2.05, 4.69) is 0 Å². The van der Waals surface area contributed by atoms with Crippen LogP contribution in [0, 0.1) is 5.82 Å². The van der Waals surface area contributed by atoms with Gasteiger partial charge in [0.15, 0.2) is 0 Å². The van der Waals surface area contributed by atoms with Gasteiger partial charge in [0.1, 0.15) is 17.3 Å². The summed E-state index contributed by atoms with van der Waals surface area (Å²) < 4.78 is 25.4. The molecule has 0 aliphatic carbocycles. The second-order valence-corrected chi connectivity index (χ2v) is 7.52. The molecule has 0 N–H and O–H groups in total. The summed E-state index contributed by atoms with van der Waals surface area (Å²) in [4.78, 5) is 0. The van der Waals surface area contributed by atoms with Gasteiger partial charge in [-0.2, -0.15) is 5.10 Å². The predicted octanol–water partition coefficient (Wildman–Crippen LogP) is 5.73. The topological polar surface area (TPSA) is 34.1 Å². The van der Waals surface area contributed by atoms with Crippen LogP contribution in [0.1, 0.15) is 35.4 Å². The molecule has 2 heterocycles. The average molecular weight is 409 g/mol. The van der Waals surface area contributed by atoms with Crippen LogP contribution in [0.2, 0.25) is 5.02 Å². The minimum absolute atomic E-state index is 0.0391. The van der Waals surface area contributed by atoms with Crippen LogP contribution in [0.4, 0.5) is 4.39 Å². The molecule has 3 aromatic carbocycles. The molecule has 6 heteroatoms. The van der Waals surface area contributed by atoms with Crippen molar-refractivity contribution in [2.24, 2.45) is 5.10 Å². The largest absolute Gasteiger partial charge is 0.497 e. The zero-order valence-electron chi connectivity index (χ0n) is 15.7. The van der Waals surface area contributed by atoms with Gasteiger partial charge >= 0.3 is 0 Å². The number of methoxy groups -OCH3 is 1. The van der Waals surface area contributed by atoms with E-state index in [0.717, 1.165) is 33.9 Å². The van der Waals surface area contributed by atoms with E-state index >= 15 is 0 Å². The monoisotopic (exact) mass is 408 g/mol. The molecule has 146 valence electrons. The Balaban J connectivity index is 1.58. The number of rotatable bonds is 3. The molecule has 0 saturated heterocycles. The summed E-state index contributed by atoms with van der Waals surface area (Å²) in [6.45, 7) is 0. The van der Waals surface area contributed by atoms with E-state index in [1.54, 1.807) is 19.2 Å². The van der Waals surface area contributed by atoms with Gasteiger partial charge in [0, 0.05) is 22.6 Å². The Morgan fingerprint density at radius 1 is 1.10 bits per heavy atom. The number of hydrogen-bond donors (Lipinski definition) is 0. The summed E-state index contributed by atoms with van der Waals surface area (Å²) >= 11 is 6.25. The highest BCUT2D eigenvalue weighted by Gasteiger charge is 2.41. The number of ether oxygens (including phenoxy) is 2. The van der Waals surface area contributed by atoms with Gasteiger partial charge in [0.2, 0.25) is 6.23 Å². The third-order valence-electron chi connectivity index (χ3n) is 5.31. The van der Waals surface area contributed by atoms with Gasteiger partial charge in [-0.15, -0.1) is 0 Å². The molecular formula is C23H18ClFN2O2. The highest BCUT2D eigenvalue weighted by molar-refractivity contribution is 6.30. The molecule has 0 spiro atoms. The van der Waals surface area contributed by atoms with Gasteiger partial charge in [-0.3, -0.25) is 0 Å². The average Bonchev–Trinajstić information content (AvgIpc) is 3.19. The first kappa shape index (κ1) is 18.0. The zero-order chi connectivity index (χ0) is 20.0. The van der Waals surface area contributed by atoms with Crippen LogP contribution in [0.3, 0.4) is 0 Å². The van der Waals surface area contributed by atoms with Crippen molar-refractivity contribution in [2.75, 3.05) is 7.11 Å². The fourth-order valence-electron chi connectivity index (χ4n) is 3.90. The summed E-state index contributed by atoms with van der Waals surface area (Å²) in [7, 11) is 1.64. The number of fused-ring (bicyclic) bond motifs is 3. The van der Waals surface area contributed by atoms with Gasteiger partial charge in [-0.1, -0.05) is 23.7 Å². The smallest absolute Gasteiger partial charge is 0.213 e. The SMILES string of the molecule is COc1ccc(C2=NN3[C@@H](c4cccc(F)c4)Oc4ccc(Cl)cc4[C@@H]3C2)cc1. The van der Waals surface area contributed by atoms with Crippen molar-refractivity contribution in [1.29, 1.82) is 0 Å². The number of benzene rings is 3. The molecule has 0 bridgehead atoms. The maximum atomic E-state index is 13.9. The molecule has 0 saturated carbocycles. The molecule has 0 amide bonds. The Bertz CT molecular complexity index is 1100. The lowest BCUT2D eigenvalue weighted by molar-refractivity contribution is -0.0192. The lowest BCUT2D eigenvalue weighted by Gasteiger charge is -2.38. The fourth-order valence-corrected chi connectivity index (χ4v) is 4.08. The maximum absolute atomic E-state index is 13.9. The van der Waals surface area contributed by atoms with Crippen LogP contribution in [-0.2, 0) is 0 Å². The van der Waals surface area contributed by atoms with E-state index in [1.165, 1.54) is 12.1 Å². The Labute approximate surface area is 173 Å². The molecule has 4 nitrogen and oxygen atoms in total. The zero-order valence-corrected chi connectivity index (χ0v) is 16.4. The van der Waals surface area contributed by atoms with Gasteiger partial charge in [-0.05, 0) is 60.2 Å². The van der Waals surface area contributed by atoms with Crippen molar-refractivity contribution in [2.45, 2.75) is 18.7 Å². The molecule has 0 unspecified atom stereocenters. The van der Waals surface area contributed by atoms with Crippen LogP contribution in [-0.4, -0.2) is 17.8 Å². The third-order valence-corrected chi connectivity index (χ3v) is 5.54. The predicted molar refractivity (Wildman–Crippen MR) is 110 cm³/mol. The Hall–Kier alpha value is -3.05. The minimum Gasteiger partial charge on any atom is -0.497 e. The van der Waals surface area contributed by atoms with Crippen molar-refractivity contribution >= 4 is 17.3 Å². The standard InChI is InChI=1S/C23H18ClFN2O2/c1-28-18-8-5-14(6-9-18)20-13-21-19-12-16(24)7-10-22(19)29-23(27(21)26-20)15-3-2-4-17(25)11-15/h2-12,21,23H,13H2,1H3/t21-,23+/m0/s1. The number of halogens is 2.